The molecule has 5 rings (SSSR count). The van der Waals surface area contributed by atoms with Gasteiger partial charge in [0.05, 0.1) is 33.8 Å². The Morgan fingerprint density at radius 1 is 1.03 bits per heavy atom. The number of hydrogen-bond donors (Lipinski definition) is 0. The molecular weight excluding hydrogens is 515 g/mol. The van der Waals surface area contributed by atoms with Gasteiger partial charge in [0.15, 0.2) is 0 Å². The smallest absolute Gasteiger partial charge is 0.329 e. The summed E-state index contributed by atoms with van der Waals surface area (Å²) in [4.78, 5) is 30.4. The van der Waals surface area contributed by atoms with Gasteiger partial charge in [-0.2, -0.15) is 0 Å². The van der Waals surface area contributed by atoms with Gasteiger partial charge in [0.2, 0.25) is 5.91 Å². The molecule has 0 bridgehead atoms. The lowest BCUT2D eigenvalue weighted by Gasteiger charge is -2.38. The van der Waals surface area contributed by atoms with Gasteiger partial charge in [-0.05, 0) is 44.0 Å². The number of nitrogens with zero attached hydrogens (tertiary/aromatic N) is 4. The molecule has 0 N–H and O–H groups in total. The van der Waals surface area contributed by atoms with E-state index >= 15 is 0 Å². The van der Waals surface area contributed by atoms with Gasteiger partial charge in [-0.3, -0.25) is 13.9 Å². The van der Waals surface area contributed by atoms with Crippen molar-refractivity contribution in [1.82, 2.24) is 18.9 Å². The van der Waals surface area contributed by atoms with E-state index in [-0.39, 0.29) is 30.3 Å². The Balaban J connectivity index is 1.14. The van der Waals surface area contributed by atoms with Crippen LogP contribution in [0.5, 0.6) is 5.75 Å². The quantitative estimate of drug-likeness (QED) is 0.449. The standard InChI is InChI=1S/C27H32Cl2N4O4/c1-2-32-24-5-3-4-6-25(24)33(27(32)35)18-26(34)31-13-14-36-21(17-31)16-30-11-9-19(10-12-30)37-20-7-8-22(28)23(29)15-20/h3-8,15,19,21H,2,9-14,16-18H2,1H3. The van der Waals surface area contributed by atoms with Crippen molar-refractivity contribution in [2.75, 3.05) is 39.3 Å². The molecule has 2 fully saturated rings. The number of benzene rings is 2. The van der Waals surface area contributed by atoms with E-state index in [0.29, 0.717) is 36.3 Å². The van der Waals surface area contributed by atoms with Crippen molar-refractivity contribution < 1.29 is 14.3 Å². The van der Waals surface area contributed by atoms with E-state index in [1.807, 2.05) is 42.2 Å². The van der Waals surface area contributed by atoms with Gasteiger partial charge in [-0.15, -0.1) is 0 Å². The average molecular weight is 547 g/mol. The van der Waals surface area contributed by atoms with E-state index in [1.165, 1.54) is 0 Å². The summed E-state index contributed by atoms with van der Waals surface area (Å²) in [5.74, 6) is 0.682. The number of halogens is 2. The van der Waals surface area contributed by atoms with Crippen molar-refractivity contribution in [1.29, 1.82) is 0 Å². The number of aryl methyl sites for hydroxylation is 1. The zero-order valence-electron chi connectivity index (χ0n) is 20.9. The largest absolute Gasteiger partial charge is 0.490 e. The third-order valence-corrected chi connectivity index (χ3v) is 7.96. The molecule has 1 atom stereocenters. The SMILES string of the molecule is CCn1c(=O)n(CC(=O)N2CCOC(CN3CCC(Oc4ccc(Cl)c(Cl)c4)CC3)C2)c2ccccc21. The number of aromatic nitrogens is 2. The zero-order valence-corrected chi connectivity index (χ0v) is 22.5. The lowest BCUT2D eigenvalue weighted by atomic mass is 10.1. The molecule has 0 aliphatic carbocycles. The predicted octanol–water partition coefficient (Wildman–Crippen LogP) is 3.90. The van der Waals surface area contributed by atoms with Gasteiger partial charge in [0, 0.05) is 45.3 Å². The number of carbonyl (C=O) groups is 1. The monoisotopic (exact) mass is 546 g/mol. The molecule has 1 unspecified atom stereocenters. The molecule has 3 aromatic rings. The molecule has 1 amide bonds. The van der Waals surface area contributed by atoms with Crippen molar-refractivity contribution in [2.45, 2.75) is 45.1 Å². The van der Waals surface area contributed by atoms with Crippen molar-refractivity contribution in [3.63, 3.8) is 0 Å². The summed E-state index contributed by atoms with van der Waals surface area (Å²) in [6, 6.07) is 13.0. The number of imidazole rings is 1. The number of morpholine rings is 1. The van der Waals surface area contributed by atoms with E-state index in [2.05, 4.69) is 4.90 Å². The van der Waals surface area contributed by atoms with Gasteiger partial charge in [0.25, 0.3) is 0 Å². The summed E-state index contributed by atoms with van der Waals surface area (Å²) in [5.41, 5.74) is 1.50. The highest BCUT2D eigenvalue weighted by Crippen LogP contribution is 2.28. The van der Waals surface area contributed by atoms with Crippen molar-refractivity contribution >= 4 is 40.1 Å². The maximum absolute atomic E-state index is 13.2. The van der Waals surface area contributed by atoms with E-state index in [0.717, 1.165) is 49.3 Å². The number of ether oxygens (including phenoxy) is 2. The zero-order chi connectivity index (χ0) is 25.9. The average Bonchev–Trinajstić information content (AvgIpc) is 3.18. The molecule has 10 heteroatoms. The number of carbonyl (C=O) groups excluding carboxylic acids is 1. The van der Waals surface area contributed by atoms with Crippen molar-refractivity contribution in [2.24, 2.45) is 0 Å². The van der Waals surface area contributed by atoms with Gasteiger partial charge in [-0.1, -0.05) is 35.3 Å². The van der Waals surface area contributed by atoms with Gasteiger partial charge >= 0.3 is 5.69 Å². The Bertz CT molecular complexity index is 1320. The molecule has 0 spiro atoms. The van der Waals surface area contributed by atoms with Crippen LogP contribution in [0.25, 0.3) is 11.0 Å². The van der Waals surface area contributed by atoms with E-state index in [1.54, 1.807) is 21.3 Å². The van der Waals surface area contributed by atoms with Gasteiger partial charge < -0.3 is 19.3 Å². The van der Waals surface area contributed by atoms with Crippen molar-refractivity contribution in [3.8, 4) is 5.75 Å². The van der Waals surface area contributed by atoms with Crippen LogP contribution in [0.3, 0.4) is 0 Å². The second-order valence-corrected chi connectivity index (χ2v) is 10.4. The molecule has 2 aliphatic heterocycles. The number of rotatable bonds is 7. The van der Waals surface area contributed by atoms with Crippen LogP contribution in [0.1, 0.15) is 19.8 Å². The third kappa shape index (κ3) is 5.82. The maximum Gasteiger partial charge on any atom is 0.329 e. The minimum absolute atomic E-state index is 0.0382. The molecule has 0 radical (unpaired) electrons. The van der Waals surface area contributed by atoms with Crippen LogP contribution in [0.2, 0.25) is 10.0 Å². The van der Waals surface area contributed by atoms with Crippen LogP contribution in [-0.2, 0) is 22.6 Å². The Morgan fingerprint density at radius 3 is 2.46 bits per heavy atom. The summed E-state index contributed by atoms with van der Waals surface area (Å²) in [6.45, 7) is 6.66. The lowest BCUT2D eigenvalue weighted by molar-refractivity contribution is -0.140. The van der Waals surface area contributed by atoms with Gasteiger partial charge in [-0.25, -0.2) is 4.79 Å². The highest BCUT2D eigenvalue weighted by Gasteiger charge is 2.29. The first kappa shape index (κ1) is 26.1. The number of amides is 1. The van der Waals surface area contributed by atoms with Crippen LogP contribution in [0, 0.1) is 0 Å². The minimum Gasteiger partial charge on any atom is -0.490 e. The molecule has 2 saturated heterocycles. The minimum atomic E-state index is -0.146. The van der Waals surface area contributed by atoms with E-state index in [4.69, 9.17) is 32.7 Å². The lowest BCUT2D eigenvalue weighted by Crippen LogP contribution is -2.52. The molecule has 198 valence electrons. The topological polar surface area (TPSA) is 68.9 Å². The molecule has 2 aliphatic rings. The molecule has 37 heavy (non-hydrogen) atoms. The van der Waals surface area contributed by atoms with E-state index < -0.39 is 0 Å². The maximum atomic E-state index is 13.2. The normalized spacial score (nSPS) is 19.4. The summed E-state index contributed by atoms with van der Waals surface area (Å²) >= 11 is 12.1. The molecule has 2 aromatic carbocycles. The molecular formula is C27H32Cl2N4O4. The van der Waals surface area contributed by atoms with Crippen LogP contribution in [0.4, 0.5) is 0 Å². The second kappa shape index (κ2) is 11.5. The molecule has 1 aromatic heterocycles. The number of likely N-dealkylation sites (tertiary alicyclic amines) is 1. The fraction of sp³-hybridized carbons (Fsp3) is 0.481. The summed E-state index contributed by atoms with van der Waals surface area (Å²) in [5, 5.41) is 1.01. The van der Waals surface area contributed by atoms with Crippen molar-refractivity contribution in [3.05, 3.63) is 63.0 Å². The number of para-hydroxylation sites is 2. The highest BCUT2D eigenvalue weighted by atomic mass is 35.5. The van der Waals surface area contributed by atoms with Crippen LogP contribution in [0.15, 0.2) is 47.3 Å². The summed E-state index contributed by atoms with van der Waals surface area (Å²) < 4.78 is 15.4. The molecule has 8 nitrogen and oxygen atoms in total. The first-order chi connectivity index (χ1) is 17.9. The first-order valence-corrected chi connectivity index (χ1v) is 13.6. The Labute approximate surface area is 226 Å². The second-order valence-electron chi connectivity index (χ2n) is 9.63. The molecule has 3 heterocycles. The van der Waals surface area contributed by atoms with Crippen LogP contribution < -0.4 is 10.4 Å². The predicted molar refractivity (Wildman–Crippen MR) is 145 cm³/mol. The first-order valence-electron chi connectivity index (χ1n) is 12.8. The van der Waals surface area contributed by atoms with Crippen LogP contribution >= 0.6 is 23.2 Å². The fourth-order valence-corrected chi connectivity index (χ4v) is 5.55. The number of fused-ring (bicyclic) bond motifs is 1. The Kier molecular flexibility index (Phi) is 8.09. The number of piperidine rings is 1. The summed E-state index contributed by atoms with van der Waals surface area (Å²) in [7, 11) is 0. The van der Waals surface area contributed by atoms with Gasteiger partial charge in [0.1, 0.15) is 18.4 Å². The third-order valence-electron chi connectivity index (χ3n) is 7.22. The summed E-state index contributed by atoms with van der Waals surface area (Å²) in [6.07, 6.45) is 1.88. The van der Waals surface area contributed by atoms with E-state index in [9.17, 15) is 9.59 Å². The Morgan fingerprint density at radius 2 is 1.76 bits per heavy atom. The highest BCUT2D eigenvalue weighted by molar-refractivity contribution is 6.42. The van der Waals surface area contributed by atoms with Crippen LogP contribution in [-0.4, -0.2) is 76.4 Å². The Hall–Kier alpha value is -2.52. The fourth-order valence-electron chi connectivity index (χ4n) is 5.26. The number of hydrogen-bond acceptors (Lipinski definition) is 5. The molecule has 0 saturated carbocycles.